The zero-order valence-corrected chi connectivity index (χ0v) is 17.6. The van der Waals surface area contributed by atoms with E-state index in [1.165, 1.54) is 0 Å². The van der Waals surface area contributed by atoms with Gasteiger partial charge in [-0.25, -0.2) is 0 Å². The zero-order chi connectivity index (χ0) is 21.6. The van der Waals surface area contributed by atoms with Crippen LogP contribution in [0.5, 0.6) is 11.5 Å². The monoisotopic (exact) mass is 432 g/mol. The third-order valence-electron chi connectivity index (χ3n) is 5.10. The van der Waals surface area contributed by atoms with E-state index in [2.05, 4.69) is 11.4 Å². The van der Waals surface area contributed by atoms with Crippen LogP contribution in [-0.4, -0.2) is 19.1 Å². The molecule has 1 unspecified atom stereocenters. The summed E-state index contributed by atoms with van der Waals surface area (Å²) in [4.78, 5) is 12.4. The normalized spacial score (nSPS) is 13.2. The first-order chi connectivity index (χ1) is 15.1. The van der Waals surface area contributed by atoms with E-state index in [0.717, 1.165) is 22.6 Å². The SMILES string of the molecule is N#CC(c1ccccc1)c1ccc(NC(=O)CCc2ccc3c(c2)OCCO3)cc1Cl. The number of fused-ring (bicyclic) bond motifs is 1. The third-order valence-corrected chi connectivity index (χ3v) is 5.43. The van der Waals surface area contributed by atoms with Crippen LogP contribution >= 0.6 is 11.6 Å². The van der Waals surface area contributed by atoms with Crippen LogP contribution < -0.4 is 14.8 Å². The Kier molecular flexibility index (Phi) is 6.40. The molecule has 1 N–H and O–H groups in total. The molecule has 5 nitrogen and oxygen atoms in total. The second kappa shape index (κ2) is 9.55. The molecule has 1 aliphatic rings. The van der Waals surface area contributed by atoms with E-state index in [4.69, 9.17) is 21.1 Å². The minimum absolute atomic E-state index is 0.112. The number of anilines is 1. The van der Waals surface area contributed by atoms with Crippen LogP contribution in [0, 0.1) is 11.3 Å². The molecule has 4 rings (SSSR count). The second-order valence-electron chi connectivity index (χ2n) is 7.24. The zero-order valence-electron chi connectivity index (χ0n) is 16.8. The Morgan fingerprint density at radius 2 is 1.81 bits per heavy atom. The van der Waals surface area contributed by atoms with Gasteiger partial charge in [0, 0.05) is 17.1 Å². The number of ether oxygens (including phenoxy) is 2. The average Bonchev–Trinajstić information content (AvgIpc) is 2.80. The molecule has 1 atom stereocenters. The number of carbonyl (C=O) groups is 1. The highest BCUT2D eigenvalue weighted by Crippen LogP contribution is 2.32. The summed E-state index contributed by atoms with van der Waals surface area (Å²) in [6.45, 7) is 1.08. The van der Waals surface area contributed by atoms with Crippen molar-refractivity contribution in [1.29, 1.82) is 5.26 Å². The summed E-state index contributed by atoms with van der Waals surface area (Å²) >= 11 is 6.45. The van der Waals surface area contributed by atoms with Crippen LogP contribution in [0.4, 0.5) is 5.69 Å². The molecule has 31 heavy (non-hydrogen) atoms. The fourth-order valence-electron chi connectivity index (χ4n) is 3.53. The molecule has 1 heterocycles. The molecule has 156 valence electrons. The van der Waals surface area contributed by atoms with Gasteiger partial charge in [-0.3, -0.25) is 4.79 Å². The fraction of sp³-hybridized carbons (Fsp3) is 0.200. The summed E-state index contributed by atoms with van der Waals surface area (Å²) in [6.07, 6.45) is 0.905. The summed E-state index contributed by atoms with van der Waals surface area (Å²) < 4.78 is 11.1. The lowest BCUT2D eigenvalue weighted by Gasteiger charge is -2.18. The first-order valence-electron chi connectivity index (χ1n) is 10.1. The predicted octanol–water partition coefficient (Wildman–Crippen LogP) is 5.34. The van der Waals surface area contributed by atoms with Crippen molar-refractivity contribution in [3.8, 4) is 17.6 Å². The largest absolute Gasteiger partial charge is 0.486 e. The van der Waals surface area contributed by atoms with E-state index in [-0.39, 0.29) is 5.91 Å². The van der Waals surface area contributed by atoms with Crippen LogP contribution in [-0.2, 0) is 11.2 Å². The molecule has 0 saturated heterocycles. The minimum atomic E-state index is -0.464. The van der Waals surface area contributed by atoms with Gasteiger partial charge in [-0.1, -0.05) is 54.1 Å². The molecule has 1 aliphatic heterocycles. The Morgan fingerprint density at radius 1 is 1.03 bits per heavy atom. The number of benzene rings is 3. The lowest BCUT2D eigenvalue weighted by atomic mass is 9.92. The standard InChI is InChI=1S/C25H21ClN2O3/c26-22-15-19(8-9-20(22)21(16-27)18-4-2-1-3-5-18)28-25(29)11-7-17-6-10-23-24(14-17)31-13-12-30-23/h1-6,8-10,14-15,21H,7,11-13H2,(H,28,29). The van der Waals surface area contributed by atoms with Gasteiger partial charge in [-0.2, -0.15) is 5.26 Å². The van der Waals surface area contributed by atoms with E-state index < -0.39 is 5.92 Å². The van der Waals surface area contributed by atoms with Gasteiger partial charge < -0.3 is 14.8 Å². The lowest BCUT2D eigenvalue weighted by molar-refractivity contribution is -0.116. The number of amides is 1. The highest BCUT2D eigenvalue weighted by molar-refractivity contribution is 6.31. The number of carbonyl (C=O) groups excluding carboxylic acids is 1. The highest BCUT2D eigenvalue weighted by Gasteiger charge is 2.17. The molecule has 0 saturated carbocycles. The van der Waals surface area contributed by atoms with Crippen molar-refractivity contribution in [2.24, 2.45) is 0 Å². The summed E-state index contributed by atoms with van der Waals surface area (Å²) in [5.74, 6) is 0.879. The predicted molar refractivity (Wildman–Crippen MR) is 120 cm³/mol. The van der Waals surface area contributed by atoms with Gasteiger partial charge in [0.25, 0.3) is 0 Å². The third kappa shape index (κ3) is 4.99. The maximum atomic E-state index is 12.4. The molecule has 0 aliphatic carbocycles. The average molecular weight is 433 g/mol. The molecule has 0 fully saturated rings. The Hall–Kier alpha value is -3.49. The van der Waals surface area contributed by atoms with Gasteiger partial charge in [0.1, 0.15) is 13.2 Å². The molecule has 0 bridgehead atoms. The van der Waals surface area contributed by atoms with Gasteiger partial charge >= 0.3 is 0 Å². The second-order valence-corrected chi connectivity index (χ2v) is 7.64. The van der Waals surface area contributed by atoms with Crippen molar-refractivity contribution in [1.82, 2.24) is 0 Å². The van der Waals surface area contributed by atoms with E-state index in [9.17, 15) is 10.1 Å². The van der Waals surface area contributed by atoms with Crippen LogP contribution in [0.1, 0.15) is 29.0 Å². The summed E-state index contributed by atoms with van der Waals surface area (Å²) in [7, 11) is 0. The Morgan fingerprint density at radius 3 is 2.55 bits per heavy atom. The smallest absolute Gasteiger partial charge is 0.224 e. The number of nitrogens with zero attached hydrogens (tertiary/aromatic N) is 1. The quantitative estimate of drug-likeness (QED) is 0.570. The molecular weight excluding hydrogens is 412 g/mol. The molecule has 1 amide bonds. The first-order valence-corrected chi connectivity index (χ1v) is 10.4. The van der Waals surface area contributed by atoms with E-state index in [1.807, 2.05) is 48.5 Å². The molecule has 0 aromatic heterocycles. The maximum Gasteiger partial charge on any atom is 0.224 e. The van der Waals surface area contributed by atoms with Crippen molar-refractivity contribution < 1.29 is 14.3 Å². The number of hydrogen-bond acceptors (Lipinski definition) is 4. The number of halogens is 1. The van der Waals surface area contributed by atoms with Crippen molar-refractivity contribution >= 4 is 23.2 Å². The van der Waals surface area contributed by atoms with Crippen molar-refractivity contribution in [2.75, 3.05) is 18.5 Å². The number of nitrogens with one attached hydrogen (secondary N) is 1. The molecule has 6 heteroatoms. The lowest BCUT2D eigenvalue weighted by Crippen LogP contribution is -2.16. The number of aryl methyl sites for hydroxylation is 1. The fourth-order valence-corrected chi connectivity index (χ4v) is 3.82. The van der Waals surface area contributed by atoms with Crippen molar-refractivity contribution in [3.05, 3.63) is 88.4 Å². The molecule has 0 spiro atoms. The molecule has 0 radical (unpaired) electrons. The number of hydrogen-bond donors (Lipinski definition) is 1. The topological polar surface area (TPSA) is 71.4 Å². The maximum absolute atomic E-state index is 12.4. The van der Waals surface area contributed by atoms with E-state index in [1.54, 1.807) is 18.2 Å². The first kappa shape index (κ1) is 20.8. The Bertz CT molecular complexity index is 1130. The van der Waals surface area contributed by atoms with Gasteiger partial charge in [-0.15, -0.1) is 0 Å². The van der Waals surface area contributed by atoms with Crippen molar-refractivity contribution in [2.45, 2.75) is 18.8 Å². The number of rotatable bonds is 6. The van der Waals surface area contributed by atoms with Gasteiger partial charge in [0.2, 0.25) is 5.91 Å². The number of nitriles is 1. The van der Waals surface area contributed by atoms with Gasteiger partial charge in [0.15, 0.2) is 11.5 Å². The summed E-state index contributed by atoms with van der Waals surface area (Å²) in [5.41, 5.74) is 3.20. The van der Waals surface area contributed by atoms with Crippen molar-refractivity contribution in [3.63, 3.8) is 0 Å². The Labute approximate surface area is 186 Å². The van der Waals surface area contributed by atoms with Crippen LogP contribution in [0.2, 0.25) is 5.02 Å². The van der Waals surface area contributed by atoms with E-state index in [0.29, 0.717) is 42.3 Å². The molecule has 3 aromatic carbocycles. The van der Waals surface area contributed by atoms with E-state index >= 15 is 0 Å². The van der Waals surface area contributed by atoms with Crippen LogP contribution in [0.15, 0.2) is 66.7 Å². The van der Waals surface area contributed by atoms with Crippen LogP contribution in [0.25, 0.3) is 0 Å². The summed E-state index contributed by atoms with van der Waals surface area (Å²) in [5, 5.41) is 13.0. The molecular formula is C25H21ClN2O3. The molecule has 3 aromatic rings. The summed E-state index contributed by atoms with van der Waals surface area (Å²) in [6, 6.07) is 22.8. The van der Waals surface area contributed by atoms with Gasteiger partial charge in [-0.05, 0) is 47.4 Å². The van der Waals surface area contributed by atoms with Gasteiger partial charge in [0.05, 0.1) is 12.0 Å². The Balaban J connectivity index is 1.39. The minimum Gasteiger partial charge on any atom is -0.486 e. The highest BCUT2D eigenvalue weighted by atomic mass is 35.5. The van der Waals surface area contributed by atoms with Crippen LogP contribution in [0.3, 0.4) is 0 Å².